The fourth-order valence-electron chi connectivity index (χ4n) is 3.61. The van der Waals surface area contributed by atoms with Crippen molar-refractivity contribution in [2.24, 2.45) is 0 Å². The van der Waals surface area contributed by atoms with E-state index in [1.165, 1.54) is 4.90 Å². The highest BCUT2D eigenvalue weighted by Crippen LogP contribution is 2.33. The molecule has 0 amide bonds. The molecule has 4 heteroatoms. The van der Waals surface area contributed by atoms with E-state index in [4.69, 9.17) is 26.5 Å². The van der Waals surface area contributed by atoms with Crippen LogP contribution in [0.25, 0.3) is 0 Å². The van der Waals surface area contributed by atoms with Crippen molar-refractivity contribution in [1.82, 2.24) is 4.90 Å². The lowest BCUT2D eigenvalue weighted by Gasteiger charge is -2.35. The molecule has 2 heterocycles. The molecule has 1 fully saturated rings. The zero-order chi connectivity index (χ0) is 29.8. The van der Waals surface area contributed by atoms with Gasteiger partial charge in [-0.05, 0) is 54.5 Å². The Hall–Kier alpha value is -2.82. The van der Waals surface area contributed by atoms with Crippen LogP contribution in [0.3, 0.4) is 0 Å². The van der Waals surface area contributed by atoms with Crippen LogP contribution >= 0.6 is 0 Å². The number of likely N-dealkylation sites (tertiary alicyclic amines) is 1. The van der Waals surface area contributed by atoms with Crippen molar-refractivity contribution in [2.75, 3.05) is 26.3 Å². The van der Waals surface area contributed by atoms with Crippen molar-refractivity contribution < 1.29 is 27.9 Å². The summed E-state index contributed by atoms with van der Waals surface area (Å²) in [6, 6.07) is 15.8. The third kappa shape index (κ3) is 4.92. The van der Waals surface area contributed by atoms with Gasteiger partial charge in [-0.25, -0.2) is 0 Å². The molecule has 1 atom stereocenters. The number of hydrogen-bond donors (Lipinski definition) is 0. The molecule has 1 saturated heterocycles. The Labute approximate surface area is 198 Å². The lowest BCUT2D eigenvalue weighted by atomic mass is 10.00. The molecule has 160 valence electrons. The number of nitrogens with zero attached hydrogens (tertiary/aromatic N) is 1. The highest BCUT2D eigenvalue weighted by molar-refractivity contribution is 5.44. The summed E-state index contributed by atoms with van der Waals surface area (Å²) in [7, 11) is 0. The largest absolute Gasteiger partial charge is 0.454 e. The van der Waals surface area contributed by atoms with Gasteiger partial charge in [-0.3, -0.25) is 0 Å². The van der Waals surface area contributed by atoms with Crippen molar-refractivity contribution in [3.8, 4) is 11.5 Å². The first kappa shape index (κ1) is 11.7. The Balaban J connectivity index is 1.46. The number of benzene rings is 3. The molecule has 5 rings (SSSR count). The van der Waals surface area contributed by atoms with E-state index in [0.717, 1.165) is 0 Å². The van der Waals surface area contributed by atoms with Crippen molar-refractivity contribution in [3.05, 3.63) is 95.5 Å². The van der Waals surface area contributed by atoms with Crippen LogP contribution in [0.4, 0.5) is 0 Å². The molecule has 2 aliphatic heterocycles. The molecule has 0 spiro atoms. The summed E-state index contributed by atoms with van der Waals surface area (Å²) in [5, 5.41) is 0. The summed E-state index contributed by atoms with van der Waals surface area (Å²) in [5.41, 5.74) is 0.434. The number of ether oxygens (including phenoxy) is 3. The zero-order valence-corrected chi connectivity index (χ0v) is 16.9. The smallest absolute Gasteiger partial charge is 0.231 e. The molecule has 0 unspecified atom stereocenters. The van der Waals surface area contributed by atoms with Gasteiger partial charge in [-0.1, -0.05) is 66.7 Å². The number of rotatable bonds is 7. The Morgan fingerprint density at radius 3 is 2.52 bits per heavy atom. The first-order valence-electron chi connectivity index (χ1n) is 15.3. The van der Waals surface area contributed by atoms with E-state index in [9.17, 15) is 1.37 Å². The summed E-state index contributed by atoms with van der Waals surface area (Å²) >= 11 is 0. The van der Waals surface area contributed by atoms with Crippen molar-refractivity contribution in [2.45, 2.75) is 31.4 Å². The second kappa shape index (κ2) is 9.54. The van der Waals surface area contributed by atoms with Crippen molar-refractivity contribution >= 4 is 0 Å². The topological polar surface area (TPSA) is 30.9 Å². The van der Waals surface area contributed by atoms with Crippen LogP contribution in [0.1, 0.15) is 49.3 Å². The molecule has 0 bridgehead atoms. The fraction of sp³-hybridized carbons (Fsp3) is 0.333. The Morgan fingerprint density at radius 1 is 1.06 bits per heavy atom. The molecular formula is C27H29NO3. The van der Waals surface area contributed by atoms with E-state index in [1.54, 1.807) is 48.5 Å². The Kier molecular flexibility index (Phi) is 3.60. The number of hydrogen-bond acceptors (Lipinski definition) is 4. The van der Waals surface area contributed by atoms with Crippen LogP contribution in [0.15, 0.2) is 78.8 Å². The van der Waals surface area contributed by atoms with Crippen molar-refractivity contribution in [1.29, 1.82) is 0 Å². The molecule has 2 aliphatic rings. The maximum absolute atomic E-state index is 9.37. The second-order valence-corrected chi connectivity index (χ2v) is 7.32. The van der Waals surface area contributed by atoms with Gasteiger partial charge in [0.05, 0.1) is 11.6 Å². The lowest BCUT2D eigenvalue weighted by molar-refractivity contribution is -0.0330. The van der Waals surface area contributed by atoms with Gasteiger partial charge in [-0.15, -0.1) is 0 Å². The van der Waals surface area contributed by atoms with Gasteiger partial charge in [0.2, 0.25) is 6.75 Å². The number of fused-ring (bicyclic) bond motifs is 1. The maximum Gasteiger partial charge on any atom is 0.231 e. The summed E-state index contributed by atoms with van der Waals surface area (Å²) < 4.78 is 101. The van der Waals surface area contributed by atoms with Gasteiger partial charge in [0, 0.05) is 18.5 Å². The molecule has 0 aliphatic carbocycles. The van der Waals surface area contributed by atoms with Crippen LogP contribution in [-0.4, -0.2) is 37.3 Å². The normalized spacial score (nSPS) is 26.0. The van der Waals surface area contributed by atoms with Crippen LogP contribution in [-0.2, 0) is 11.1 Å². The SMILES string of the molecule is [2H]c1c([2H])c(C([2H])([2H])C([2H])([2H])N2CCC[C@@H](OC([2H])(c3ccccc3)c3ccccc3)C2)c([2H])c2c1OC([2H])([2H])O2. The fourth-order valence-corrected chi connectivity index (χ4v) is 3.61. The molecule has 0 radical (unpaired) electrons. The molecule has 0 N–H and O–H groups in total. The van der Waals surface area contributed by atoms with Gasteiger partial charge >= 0.3 is 0 Å². The highest BCUT2D eigenvalue weighted by Gasteiger charge is 2.25. The highest BCUT2D eigenvalue weighted by atomic mass is 16.7. The van der Waals surface area contributed by atoms with Gasteiger partial charge in [0.25, 0.3) is 0 Å². The third-order valence-electron chi connectivity index (χ3n) is 5.11. The molecule has 4 nitrogen and oxygen atoms in total. The van der Waals surface area contributed by atoms with Gasteiger partial charge in [-0.2, -0.15) is 0 Å². The van der Waals surface area contributed by atoms with E-state index in [-0.39, 0.29) is 13.1 Å². The minimum Gasteiger partial charge on any atom is -0.454 e. The minimum atomic E-state index is -3.00. The predicted octanol–water partition coefficient (Wildman–Crippen LogP) is 5.23. The van der Waals surface area contributed by atoms with Gasteiger partial charge < -0.3 is 19.1 Å². The maximum atomic E-state index is 9.37. The van der Waals surface area contributed by atoms with Crippen LogP contribution in [0, 0.1) is 0 Å². The van der Waals surface area contributed by atoms with E-state index in [1.807, 2.05) is 12.1 Å². The molecule has 0 aromatic heterocycles. The molecule has 3 aromatic rings. The monoisotopic (exact) mass is 425 g/mol. The Morgan fingerprint density at radius 2 is 1.77 bits per heavy atom. The zero-order valence-electron chi connectivity index (χ0n) is 26.9. The van der Waals surface area contributed by atoms with E-state index in [0.29, 0.717) is 24.0 Å². The standard InChI is InChI=1S/C27H29NO3/c1-3-8-22(9-4-1)27(23-10-5-2-6-11-23)31-24-12-7-16-28(19-24)17-15-21-13-14-25-26(18-21)30-20-29-25/h1-6,8-11,13-14,18,24,27H,7,12,15-17,19-20H2/t24-/m1/s1/i13D,14D,15D2,17D2,18D,20D2,27D. The first-order valence-corrected chi connectivity index (χ1v) is 10.3. The summed E-state index contributed by atoms with van der Waals surface area (Å²) in [5.74, 6) is -1.04. The van der Waals surface area contributed by atoms with E-state index < -0.39 is 67.0 Å². The van der Waals surface area contributed by atoms with Crippen LogP contribution < -0.4 is 9.47 Å². The quantitative estimate of drug-likeness (QED) is 0.519. The molecular weight excluding hydrogens is 386 g/mol. The average Bonchev–Trinajstić information content (AvgIpc) is 3.28. The van der Waals surface area contributed by atoms with Gasteiger partial charge in [0.15, 0.2) is 11.5 Å². The van der Waals surface area contributed by atoms with Crippen LogP contribution in [0.2, 0.25) is 0 Å². The molecule has 3 aromatic carbocycles. The van der Waals surface area contributed by atoms with Gasteiger partial charge in [0.1, 0.15) is 8.82 Å². The van der Waals surface area contributed by atoms with E-state index >= 15 is 0 Å². The summed E-state index contributed by atoms with van der Waals surface area (Å²) in [6.07, 6.45) is -4.33. The lowest BCUT2D eigenvalue weighted by Crippen LogP contribution is -2.41. The second-order valence-electron chi connectivity index (χ2n) is 7.32. The Bertz CT molecular complexity index is 1380. The first-order chi connectivity index (χ1) is 19.2. The molecule has 0 saturated carbocycles. The van der Waals surface area contributed by atoms with E-state index in [2.05, 4.69) is 0 Å². The number of piperidine rings is 1. The predicted molar refractivity (Wildman–Crippen MR) is 122 cm³/mol. The van der Waals surface area contributed by atoms with Crippen molar-refractivity contribution in [3.63, 3.8) is 0 Å². The molecule has 31 heavy (non-hydrogen) atoms. The average molecular weight is 426 g/mol. The summed E-state index contributed by atoms with van der Waals surface area (Å²) in [4.78, 5) is 1.24. The van der Waals surface area contributed by atoms with Crippen LogP contribution in [0.5, 0.6) is 11.5 Å². The summed E-state index contributed by atoms with van der Waals surface area (Å²) in [6.45, 7) is -5.42. The third-order valence-corrected chi connectivity index (χ3v) is 5.11. The minimum absolute atomic E-state index is 0.0751.